The molecule has 0 saturated carbocycles. The van der Waals surface area contributed by atoms with E-state index in [0.29, 0.717) is 0 Å². The normalized spacial score (nSPS) is 10.0. The van der Waals surface area contributed by atoms with Crippen LogP contribution in [0.3, 0.4) is 0 Å². The minimum Gasteiger partial charge on any atom is -0.492 e. The number of hydrogen-bond acceptors (Lipinski definition) is 3. The summed E-state index contributed by atoms with van der Waals surface area (Å²) in [6, 6.07) is 8.11. The first kappa shape index (κ1) is 17.9. The Morgan fingerprint density at radius 3 is 2.26 bits per heavy atom. The monoisotopic (exact) mass is 267 g/mol. The van der Waals surface area contributed by atoms with Crippen LogP contribution in [0.15, 0.2) is 24.3 Å². The van der Waals surface area contributed by atoms with Crippen LogP contribution in [0.5, 0.6) is 5.75 Å². The minimum atomic E-state index is 0.725. The Morgan fingerprint density at radius 1 is 1.05 bits per heavy atom. The predicted octanol–water partition coefficient (Wildman–Crippen LogP) is 3.37. The number of likely N-dealkylation sites (N-methyl/N-ethyl adjacent to an activating group) is 1. The molecule has 0 amide bonds. The average Bonchev–Trinajstić information content (AvgIpc) is 2.46. The van der Waals surface area contributed by atoms with E-state index >= 15 is 0 Å². The number of ether oxygens (including phenoxy) is 2. The van der Waals surface area contributed by atoms with E-state index in [2.05, 4.69) is 24.8 Å². The van der Waals surface area contributed by atoms with Crippen molar-refractivity contribution in [3.05, 3.63) is 29.8 Å². The number of nitrogens with zero attached hydrogens (tertiary/aromatic N) is 1. The number of hydrogen-bond donors (Lipinski definition) is 0. The molecule has 1 aromatic rings. The summed E-state index contributed by atoms with van der Waals surface area (Å²) in [5, 5.41) is 0. The second-order valence-electron chi connectivity index (χ2n) is 4.04. The predicted molar refractivity (Wildman–Crippen MR) is 82.0 cm³/mol. The molecule has 1 rings (SSSR count). The molecule has 0 spiro atoms. The first-order valence-corrected chi connectivity index (χ1v) is 7.17. The largest absolute Gasteiger partial charge is 0.492 e. The van der Waals surface area contributed by atoms with Gasteiger partial charge in [0.05, 0.1) is 6.61 Å². The lowest BCUT2D eigenvalue weighted by Gasteiger charge is -2.20. The van der Waals surface area contributed by atoms with Crippen LogP contribution in [-0.4, -0.2) is 44.9 Å². The van der Waals surface area contributed by atoms with Crippen molar-refractivity contribution in [1.29, 1.82) is 0 Å². The Morgan fingerprint density at radius 2 is 1.68 bits per heavy atom. The van der Waals surface area contributed by atoms with Gasteiger partial charge in [0.15, 0.2) is 0 Å². The number of aryl methyl sites for hydroxylation is 1. The van der Waals surface area contributed by atoms with E-state index in [1.54, 1.807) is 7.11 Å². The molecule has 0 fully saturated rings. The van der Waals surface area contributed by atoms with Gasteiger partial charge in [-0.2, -0.15) is 0 Å². The zero-order valence-electron chi connectivity index (χ0n) is 13.1. The van der Waals surface area contributed by atoms with E-state index in [1.807, 2.05) is 32.0 Å². The Balaban J connectivity index is 0.00000154. The van der Waals surface area contributed by atoms with Crippen LogP contribution in [0.25, 0.3) is 0 Å². The summed E-state index contributed by atoms with van der Waals surface area (Å²) in [5.74, 6) is 0.982. The summed E-state index contributed by atoms with van der Waals surface area (Å²) in [5.41, 5.74) is 1.19. The van der Waals surface area contributed by atoms with Gasteiger partial charge in [0.2, 0.25) is 0 Å². The van der Waals surface area contributed by atoms with Gasteiger partial charge < -0.3 is 9.47 Å². The molecular weight excluding hydrogens is 238 g/mol. The molecule has 1 aromatic carbocycles. The molecule has 0 saturated heterocycles. The second-order valence-corrected chi connectivity index (χ2v) is 4.04. The molecule has 0 heterocycles. The highest BCUT2D eigenvalue weighted by atomic mass is 16.5. The third-order valence-corrected chi connectivity index (χ3v) is 2.82. The number of rotatable bonds is 8. The Hall–Kier alpha value is -1.06. The van der Waals surface area contributed by atoms with Crippen molar-refractivity contribution in [2.45, 2.75) is 27.7 Å². The van der Waals surface area contributed by atoms with Crippen LogP contribution in [0.4, 0.5) is 0 Å². The molecule has 0 N–H and O–H groups in total. The minimum absolute atomic E-state index is 0.725. The van der Waals surface area contributed by atoms with Crippen molar-refractivity contribution >= 4 is 0 Å². The average molecular weight is 267 g/mol. The van der Waals surface area contributed by atoms with E-state index in [-0.39, 0.29) is 0 Å². The zero-order valence-corrected chi connectivity index (χ0v) is 13.1. The van der Waals surface area contributed by atoms with Crippen molar-refractivity contribution in [2.75, 3.05) is 40.0 Å². The SMILES string of the molecule is CC.CCN(CCOC)CCOc1ccccc1C. The maximum atomic E-state index is 5.77. The van der Waals surface area contributed by atoms with Gasteiger partial charge in [-0.05, 0) is 25.1 Å². The van der Waals surface area contributed by atoms with Gasteiger partial charge >= 0.3 is 0 Å². The van der Waals surface area contributed by atoms with Crippen LogP contribution in [-0.2, 0) is 4.74 Å². The summed E-state index contributed by atoms with van der Waals surface area (Å²) in [7, 11) is 1.73. The van der Waals surface area contributed by atoms with Gasteiger partial charge in [0.25, 0.3) is 0 Å². The van der Waals surface area contributed by atoms with Gasteiger partial charge in [-0.1, -0.05) is 39.0 Å². The van der Waals surface area contributed by atoms with Crippen molar-refractivity contribution in [1.82, 2.24) is 4.90 Å². The van der Waals surface area contributed by atoms with Gasteiger partial charge in [-0.3, -0.25) is 4.90 Å². The fourth-order valence-electron chi connectivity index (χ4n) is 1.65. The highest BCUT2D eigenvalue weighted by Gasteiger charge is 2.03. The first-order chi connectivity index (χ1) is 9.27. The van der Waals surface area contributed by atoms with Crippen LogP contribution in [0.2, 0.25) is 0 Å². The lowest BCUT2D eigenvalue weighted by molar-refractivity contribution is 0.138. The summed E-state index contributed by atoms with van der Waals surface area (Å²) in [6.07, 6.45) is 0. The van der Waals surface area contributed by atoms with Crippen molar-refractivity contribution in [3.8, 4) is 5.75 Å². The first-order valence-electron chi connectivity index (χ1n) is 7.17. The standard InChI is InChI=1S/C14H23NO2.C2H6/c1-4-15(9-11-16-3)10-12-17-14-8-6-5-7-13(14)2;1-2/h5-8H,4,9-12H2,1-3H3;1-2H3. The highest BCUT2D eigenvalue weighted by Crippen LogP contribution is 2.15. The maximum Gasteiger partial charge on any atom is 0.122 e. The van der Waals surface area contributed by atoms with E-state index in [4.69, 9.17) is 9.47 Å². The van der Waals surface area contributed by atoms with Gasteiger partial charge in [-0.25, -0.2) is 0 Å². The Kier molecular flexibility index (Phi) is 11.3. The van der Waals surface area contributed by atoms with E-state index in [9.17, 15) is 0 Å². The van der Waals surface area contributed by atoms with Crippen molar-refractivity contribution in [3.63, 3.8) is 0 Å². The van der Waals surface area contributed by atoms with Crippen LogP contribution >= 0.6 is 0 Å². The molecule has 0 radical (unpaired) electrons. The van der Waals surface area contributed by atoms with E-state index in [1.165, 1.54) is 5.56 Å². The van der Waals surface area contributed by atoms with E-state index in [0.717, 1.165) is 38.6 Å². The number of para-hydroxylation sites is 1. The van der Waals surface area contributed by atoms with Crippen molar-refractivity contribution < 1.29 is 9.47 Å². The van der Waals surface area contributed by atoms with Crippen molar-refractivity contribution in [2.24, 2.45) is 0 Å². The molecule has 0 aliphatic rings. The molecule has 0 unspecified atom stereocenters. The molecule has 0 aliphatic heterocycles. The van der Waals surface area contributed by atoms with Gasteiger partial charge in [0, 0.05) is 20.2 Å². The number of benzene rings is 1. The Bertz CT molecular complexity index is 315. The molecule has 3 nitrogen and oxygen atoms in total. The fourth-order valence-corrected chi connectivity index (χ4v) is 1.65. The fraction of sp³-hybridized carbons (Fsp3) is 0.625. The molecule has 110 valence electrons. The molecule has 19 heavy (non-hydrogen) atoms. The third kappa shape index (κ3) is 7.85. The van der Waals surface area contributed by atoms with Crippen LogP contribution in [0.1, 0.15) is 26.3 Å². The smallest absolute Gasteiger partial charge is 0.122 e. The zero-order chi connectivity index (χ0) is 14.5. The number of methoxy groups -OCH3 is 1. The lowest BCUT2D eigenvalue weighted by Crippen LogP contribution is -2.31. The van der Waals surface area contributed by atoms with Crippen LogP contribution < -0.4 is 4.74 Å². The summed E-state index contributed by atoms with van der Waals surface area (Å²) in [6.45, 7) is 12.7. The summed E-state index contributed by atoms with van der Waals surface area (Å²) < 4.78 is 10.8. The van der Waals surface area contributed by atoms with Gasteiger partial charge in [0.1, 0.15) is 12.4 Å². The second kappa shape index (κ2) is 12.0. The highest BCUT2D eigenvalue weighted by molar-refractivity contribution is 5.31. The van der Waals surface area contributed by atoms with Crippen LogP contribution in [0, 0.1) is 6.92 Å². The molecule has 0 bridgehead atoms. The van der Waals surface area contributed by atoms with Gasteiger partial charge in [-0.15, -0.1) is 0 Å². The third-order valence-electron chi connectivity index (χ3n) is 2.82. The Labute approximate surface area is 118 Å². The van der Waals surface area contributed by atoms with E-state index < -0.39 is 0 Å². The molecule has 3 heteroatoms. The molecule has 0 atom stereocenters. The lowest BCUT2D eigenvalue weighted by atomic mass is 10.2. The topological polar surface area (TPSA) is 21.7 Å². The maximum absolute atomic E-state index is 5.77. The summed E-state index contributed by atoms with van der Waals surface area (Å²) in [4.78, 5) is 2.32. The quantitative estimate of drug-likeness (QED) is 0.721. The molecule has 0 aromatic heterocycles. The summed E-state index contributed by atoms with van der Waals surface area (Å²) >= 11 is 0. The molecular formula is C16H29NO2. The molecule has 0 aliphatic carbocycles.